The molecule has 0 saturated heterocycles. The van der Waals surface area contributed by atoms with Gasteiger partial charge in [-0.05, 0) is 25.0 Å². The molecular weight excluding hydrogens is 286 g/mol. The van der Waals surface area contributed by atoms with Crippen molar-refractivity contribution in [3.63, 3.8) is 0 Å². The molecule has 3 N–H and O–H groups in total. The zero-order valence-electron chi connectivity index (χ0n) is 11.6. The number of nitrogens with one attached hydrogen (secondary N) is 1. The summed E-state index contributed by atoms with van der Waals surface area (Å²) in [6.45, 7) is 0. The number of hydrogen-bond donors (Lipinski definition) is 2. The third kappa shape index (κ3) is 3.18. The highest BCUT2D eigenvalue weighted by molar-refractivity contribution is 7.15. The summed E-state index contributed by atoms with van der Waals surface area (Å²) in [5.41, 5.74) is 6.05. The summed E-state index contributed by atoms with van der Waals surface area (Å²) in [6.07, 6.45) is 7.68. The maximum Gasteiger partial charge on any atom is 0.261 e. The lowest BCUT2D eigenvalue weighted by atomic mass is 9.90. The highest BCUT2D eigenvalue weighted by atomic mass is 32.1. The van der Waals surface area contributed by atoms with Crippen LogP contribution < -0.4 is 11.1 Å². The van der Waals surface area contributed by atoms with Gasteiger partial charge in [0.1, 0.15) is 10.8 Å². The Kier molecular flexibility index (Phi) is 4.10. The predicted octanol–water partition coefficient (Wildman–Crippen LogP) is 2.82. The zero-order valence-corrected chi connectivity index (χ0v) is 12.4. The number of aromatic nitrogens is 3. The standard InChI is InChI=1S/C14H17N5OS/c15-11-10(7-4-8-16-11)12(20)17-14-19-18-13(21-14)9-5-2-1-3-6-9/h4,7-9H,1-3,5-6H2,(H2,15,16)(H,17,19,20). The first-order valence-corrected chi connectivity index (χ1v) is 7.91. The second kappa shape index (κ2) is 6.17. The van der Waals surface area contributed by atoms with Crippen molar-refractivity contribution in [1.29, 1.82) is 0 Å². The first kappa shape index (κ1) is 13.9. The van der Waals surface area contributed by atoms with Gasteiger partial charge >= 0.3 is 0 Å². The van der Waals surface area contributed by atoms with Gasteiger partial charge in [-0.3, -0.25) is 10.1 Å². The van der Waals surface area contributed by atoms with Gasteiger partial charge in [0, 0.05) is 12.1 Å². The van der Waals surface area contributed by atoms with Crippen LogP contribution in [0.15, 0.2) is 18.3 Å². The number of amides is 1. The Balaban J connectivity index is 1.69. The van der Waals surface area contributed by atoms with Gasteiger partial charge in [-0.2, -0.15) is 0 Å². The second-order valence-corrected chi connectivity index (χ2v) is 6.18. The third-order valence-electron chi connectivity index (χ3n) is 3.70. The van der Waals surface area contributed by atoms with Gasteiger partial charge in [0.25, 0.3) is 5.91 Å². The predicted molar refractivity (Wildman–Crippen MR) is 82.3 cm³/mol. The van der Waals surface area contributed by atoms with Crippen LogP contribution in [-0.2, 0) is 0 Å². The fraction of sp³-hybridized carbons (Fsp3) is 0.429. The quantitative estimate of drug-likeness (QED) is 0.909. The van der Waals surface area contributed by atoms with Gasteiger partial charge in [0.2, 0.25) is 5.13 Å². The van der Waals surface area contributed by atoms with E-state index in [0.717, 1.165) is 17.8 Å². The van der Waals surface area contributed by atoms with Gasteiger partial charge in [-0.1, -0.05) is 30.6 Å². The van der Waals surface area contributed by atoms with E-state index in [-0.39, 0.29) is 11.7 Å². The molecule has 1 fully saturated rings. The van der Waals surface area contributed by atoms with Crippen LogP contribution in [0.1, 0.15) is 53.4 Å². The molecule has 0 atom stereocenters. The molecule has 6 nitrogen and oxygen atoms in total. The van der Waals surface area contributed by atoms with E-state index in [1.54, 1.807) is 18.3 Å². The molecule has 21 heavy (non-hydrogen) atoms. The molecule has 0 bridgehead atoms. The number of pyridine rings is 1. The Labute approximate surface area is 126 Å². The van der Waals surface area contributed by atoms with E-state index in [0.29, 0.717) is 16.6 Å². The summed E-state index contributed by atoms with van der Waals surface area (Å²) >= 11 is 1.45. The minimum Gasteiger partial charge on any atom is -0.383 e. The van der Waals surface area contributed by atoms with E-state index in [2.05, 4.69) is 20.5 Å². The lowest BCUT2D eigenvalue weighted by molar-refractivity contribution is 0.102. The number of nitrogens with two attached hydrogens (primary N) is 1. The molecule has 0 radical (unpaired) electrons. The molecule has 0 spiro atoms. The number of nitrogens with zero attached hydrogens (tertiary/aromatic N) is 3. The van der Waals surface area contributed by atoms with E-state index >= 15 is 0 Å². The highest BCUT2D eigenvalue weighted by Crippen LogP contribution is 2.35. The lowest BCUT2D eigenvalue weighted by Crippen LogP contribution is -2.14. The monoisotopic (exact) mass is 303 g/mol. The summed E-state index contributed by atoms with van der Waals surface area (Å²) in [7, 11) is 0. The van der Waals surface area contributed by atoms with Crippen molar-refractivity contribution < 1.29 is 4.79 Å². The van der Waals surface area contributed by atoms with Gasteiger partial charge in [0.15, 0.2) is 0 Å². The number of rotatable bonds is 3. The number of carbonyl (C=O) groups excluding carboxylic acids is 1. The number of nitrogen functional groups attached to an aromatic ring is 1. The SMILES string of the molecule is Nc1ncccc1C(=O)Nc1nnc(C2CCCCC2)s1. The van der Waals surface area contributed by atoms with Gasteiger partial charge in [-0.25, -0.2) is 4.98 Å². The van der Waals surface area contributed by atoms with E-state index in [4.69, 9.17) is 5.73 Å². The third-order valence-corrected chi connectivity index (χ3v) is 4.70. The van der Waals surface area contributed by atoms with Gasteiger partial charge in [0.05, 0.1) is 5.56 Å². The van der Waals surface area contributed by atoms with Crippen LogP contribution >= 0.6 is 11.3 Å². The Bertz CT molecular complexity index is 636. The largest absolute Gasteiger partial charge is 0.383 e. The molecule has 1 amide bonds. The molecule has 0 aromatic carbocycles. The van der Waals surface area contributed by atoms with Crippen molar-refractivity contribution >= 4 is 28.2 Å². The first-order valence-electron chi connectivity index (χ1n) is 7.09. The van der Waals surface area contributed by atoms with Crippen molar-refractivity contribution in [2.24, 2.45) is 0 Å². The molecule has 2 aromatic rings. The lowest BCUT2D eigenvalue weighted by Gasteiger charge is -2.18. The molecule has 1 aliphatic carbocycles. The van der Waals surface area contributed by atoms with Crippen LogP contribution in [0.5, 0.6) is 0 Å². The van der Waals surface area contributed by atoms with Crippen molar-refractivity contribution in [3.8, 4) is 0 Å². The van der Waals surface area contributed by atoms with Gasteiger partial charge in [-0.15, -0.1) is 10.2 Å². The Morgan fingerprint density at radius 3 is 2.86 bits per heavy atom. The maximum atomic E-state index is 12.1. The van der Waals surface area contributed by atoms with Crippen LogP contribution in [0.3, 0.4) is 0 Å². The second-order valence-electron chi connectivity index (χ2n) is 5.17. The maximum absolute atomic E-state index is 12.1. The van der Waals surface area contributed by atoms with E-state index in [9.17, 15) is 4.79 Å². The van der Waals surface area contributed by atoms with Crippen molar-refractivity contribution in [2.75, 3.05) is 11.1 Å². The Morgan fingerprint density at radius 2 is 2.10 bits per heavy atom. The minimum absolute atomic E-state index is 0.215. The van der Waals surface area contributed by atoms with Crippen molar-refractivity contribution in [3.05, 3.63) is 28.9 Å². The number of hydrogen-bond acceptors (Lipinski definition) is 6. The van der Waals surface area contributed by atoms with Crippen LogP contribution in [0.25, 0.3) is 0 Å². The zero-order chi connectivity index (χ0) is 14.7. The normalized spacial score (nSPS) is 15.8. The summed E-state index contributed by atoms with van der Waals surface area (Å²) in [6, 6.07) is 3.32. The molecular formula is C14H17N5OS. The molecule has 2 heterocycles. The van der Waals surface area contributed by atoms with Crippen LogP contribution in [-0.4, -0.2) is 21.1 Å². The smallest absolute Gasteiger partial charge is 0.261 e. The van der Waals surface area contributed by atoms with E-state index in [1.807, 2.05) is 0 Å². The van der Waals surface area contributed by atoms with E-state index in [1.165, 1.54) is 30.6 Å². The fourth-order valence-corrected chi connectivity index (χ4v) is 3.48. The van der Waals surface area contributed by atoms with Crippen LogP contribution in [0.4, 0.5) is 10.9 Å². The average Bonchev–Trinajstić information content (AvgIpc) is 2.97. The molecule has 0 unspecified atom stereocenters. The highest BCUT2D eigenvalue weighted by Gasteiger charge is 2.20. The molecule has 7 heteroatoms. The Morgan fingerprint density at radius 1 is 1.29 bits per heavy atom. The minimum atomic E-state index is -0.299. The number of anilines is 2. The first-order chi connectivity index (χ1) is 10.2. The topological polar surface area (TPSA) is 93.8 Å². The van der Waals surface area contributed by atoms with Crippen LogP contribution in [0.2, 0.25) is 0 Å². The summed E-state index contributed by atoms with van der Waals surface area (Å²) in [5.74, 6) is 0.407. The average molecular weight is 303 g/mol. The summed E-state index contributed by atoms with van der Waals surface area (Å²) in [5, 5.41) is 12.6. The molecule has 110 valence electrons. The molecule has 2 aromatic heterocycles. The van der Waals surface area contributed by atoms with E-state index < -0.39 is 0 Å². The molecule has 3 rings (SSSR count). The van der Waals surface area contributed by atoms with Gasteiger partial charge < -0.3 is 5.73 Å². The summed E-state index contributed by atoms with van der Waals surface area (Å²) < 4.78 is 0. The van der Waals surface area contributed by atoms with Crippen molar-refractivity contribution in [1.82, 2.24) is 15.2 Å². The van der Waals surface area contributed by atoms with Crippen LogP contribution in [0, 0.1) is 0 Å². The fourth-order valence-electron chi connectivity index (χ4n) is 2.57. The molecule has 1 saturated carbocycles. The van der Waals surface area contributed by atoms with Crippen molar-refractivity contribution in [2.45, 2.75) is 38.0 Å². The summed E-state index contributed by atoms with van der Waals surface area (Å²) in [4.78, 5) is 16.0. The molecule has 1 aliphatic rings. The number of carbonyl (C=O) groups is 1. The molecule has 0 aliphatic heterocycles. The Hall–Kier alpha value is -2.02.